The van der Waals surface area contributed by atoms with Gasteiger partial charge >= 0.3 is 0 Å². The molecule has 1 heterocycles. The molecule has 0 spiro atoms. The van der Waals surface area contributed by atoms with E-state index in [1.807, 2.05) is 32.2 Å². The van der Waals surface area contributed by atoms with Gasteiger partial charge in [-0.25, -0.2) is 4.39 Å². The van der Waals surface area contributed by atoms with Crippen LogP contribution in [0.3, 0.4) is 0 Å². The Morgan fingerprint density at radius 2 is 2.21 bits per heavy atom. The molecule has 2 atom stereocenters. The first kappa shape index (κ1) is 10.1. The number of rotatable bonds is 1. The summed E-state index contributed by atoms with van der Waals surface area (Å²) >= 11 is 1.60. The van der Waals surface area contributed by atoms with Gasteiger partial charge in [0.15, 0.2) is 0 Å². The first-order valence-electron chi connectivity index (χ1n) is 4.88. The Kier molecular flexibility index (Phi) is 2.02. The van der Waals surface area contributed by atoms with Crippen LogP contribution in [-0.2, 0) is 5.67 Å². The first-order chi connectivity index (χ1) is 6.38. The molecule has 2 rings (SSSR count). The Morgan fingerprint density at radius 3 is 2.57 bits per heavy atom. The summed E-state index contributed by atoms with van der Waals surface area (Å²) in [4.78, 5) is 1.16. The van der Waals surface area contributed by atoms with Crippen LogP contribution in [0.1, 0.15) is 30.7 Å². The van der Waals surface area contributed by atoms with Crippen molar-refractivity contribution in [2.75, 3.05) is 0 Å². The largest absolute Gasteiger partial charge is 0.327 e. The fourth-order valence-corrected chi connectivity index (χ4v) is 2.89. The predicted molar refractivity (Wildman–Crippen MR) is 58.2 cm³/mol. The number of aryl methyl sites for hydroxylation is 1. The van der Waals surface area contributed by atoms with Crippen molar-refractivity contribution in [2.45, 2.75) is 38.9 Å². The molecule has 1 nitrogen and oxygen atoms in total. The lowest BCUT2D eigenvalue weighted by Crippen LogP contribution is -2.62. The SMILES string of the molecule is Cc1cc(C2(F)CC(N)C2(C)C)cs1. The summed E-state index contributed by atoms with van der Waals surface area (Å²) in [6, 6.07) is 1.92. The van der Waals surface area contributed by atoms with E-state index in [0.29, 0.717) is 6.42 Å². The van der Waals surface area contributed by atoms with Crippen molar-refractivity contribution >= 4 is 11.3 Å². The van der Waals surface area contributed by atoms with Crippen LogP contribution < -0.4 is 5.73 Å². The van der Waals surface area contributed by atoms with Crippen LogP contribution in [0.15, 0.2) is 11.4 Å². The van der Waals surface area contributed by atoms with Gasteiger partial charge in [-0.15, -0.1) is 11.3 Å². The maximum Gasteiger partial charge on any atom is 0.144 e. The molecule has 1 aliphatic carbocycles. The third kappa shape index (κ3) is 1.09. The highest BCUT2D eigenvalue weighted by atomic mass is 32.1. The fraction of sp³-hybridized carbons (Fsp3) is 0.636. The molecule has 0 aliphatic heterocycles. The highest BCUT2D eigenvalue weighted by molar-refractivity contribution is 7.10. The maximum absolute atomic E-state index is 14.6. The van der Waals surface area contributed by atoms with Crippen LogP contribution in [0.5, 0.6) is 0 Å². The Bertz CT molecular complexity index is 358. The molecule has 0 radical (unpaired) electrons. The van der Waals surface area contributed by atoms with Crippen molar-refractivity contribution in [1.29, 1.82) is 0 Å². The van der Waals surface area contributed by atoms with E-state index in [-0.39, 0.29) is 6.04 Å². The lowest BCUT2D eigenvalue weighted by atomic mass is 9.54. The van der Waals surface area contributed by atoms with E-state index in [4.69, 9.17) is 5.73 Å². The van der Waals surface area contributed by atoms with Gasteiger partial charge in [0, 0.05) is 28.3 Å². The summed E-state index contributed by atoms with van der Waals surface area (Å²) in [6.07, 6.45) is 0.455. The normalized spacial score (nSPS) is 35.4. The van der Waals surface area contributed by atoms with Gasteiger partial charge in [-0.3, -0.25) is 0 Å². The molecule has 3 heteroatoms. The average Bonchev–Trinajstić information content (AvgIpc) is 2.52. The van der Waals surface area contributed by atoms with E-state index < -0.39 is 11.1 Å². The zero-order chi connectivity index (χ0) is 10.6. The Labute approximate surface area is 88.1 Å². The molecule has 1 aliphatic rings. The van der Waals surface area contributed by atoms with Crippen molar-refractivity contribution in [3.63, 3.8) is 0 Å². The van der Waals surface area contributed by atoms with Crippen LogP contribution in [-0.4, -0.2) is 6.04 Å². The van der Waals surface area contributed by atoms with Crippen molar-refractivity contribution in [3.8, 4) is 0 Å². The van der Waals surface area contributed by atoms with E-state index in [9.17, 15) is 4.39 Å². The smallest absolute Gasteiger partial charge is 0.144 e. The Balaban J connectivity index is 2.36. The van der Waals surface area contributed by atoms with Gasteiger partial charge in [0.05, 0.1) is 0 Å². The van der Waals surface area contributed by atoms with Crippen LogP contribution in [0.2, 0.25) is 0 Å². The molecule has 0 bridgehead atoms. The highest BCUT2D eigenvalue weighted by Crippen LogP contribution is 2.58. The molecule has 0 saturated heterocycles. The summed E-state index contributed by atoms with van der Waals surface area (Å²) in [7, 11) is 0. The third-order valence-electron chi connectivity index (χ3n) is 3.64. The molecule has 1 aromatic rings. The van der Waals surface area contributed by atoms with Crippen LogP contribution in [0, 0.1) is 12.3 Å². The second-order valence-corrected chi connectivity index (χ2v) is 5.89. The number of hydrogen-bond donors (Lipinski definition) is 1. The number of thiophene rings is 1. The average molecular weight is 213 g/mol. The van der Waals surface area contributed by atoms with E-state index in [0.717, 1.165) is 10.4 Å². The van der Waals surface area contributed by atoms with E-state index >= 15 is 0 Å². The van der Waals surface area contributed by atoms with Gasteiger partial charge in [0.25, 0.3) is 0 Å². The Morgan fingerprint density at radius 1 is 1.57 bits per heavy atom. The highest BCUT2D eigenvalue weighted by Gasteiger charge is 2.60. The third-order valence-corrected chi connectivity index (χ3v) is 4.50. The number of halogens is 1. The van der Waals surface area contributed by atoms with Crippen molar-refractivity contribution in [1.82, 2.24) is 0 Å². The molecular weight excluding hydrogens is 197 g/mol. The first-order valence-corrected chi connectivity index (χ1v) is 5.76. The zero-order valence-corrected chi connectivity index (χ0v) is 9.62. The summed E-state index contributed by atoms with van der Waals surface area (Å²) in [5.74, 6) is 0. The van der Waals surface area contributed by atoms with Gasteiger partial charge in [-0.2, -0.15) is 0 Å². The molecule has 0 amide bonds. The summed E-state index contributed by atoms with van der Waals surface area (Å²) in [5, 5.41) is 1.92. The van der Waals surface area contributed by atoms with Gasteiger partial charge in [-0.1, -0.05) is 13.8 Å². The Hall–Kier alpha value is -0.410. The number of alkyl halides is 1. The second kappa shape index (κ2) is 2.80. The van der Waals surface area contributed by atoms with Gasteiger partial charge < -0.3 is 5.73 Å². The minimum Gasteiger partial charge on any atom is -0.327 e. The molecule has 1 fully saturated rings. The molecular formula is C11H16FNS. The van der Waals surface area contributed by atoms with Crippen molar-refractivity contribution < 1.29 is 4.39 Å². The summed E-state index contributed by atoms with van der Waals surface area (Å²) < 4.78 is 14.6. The zero-order valence-electron chi connectivity index (χ0n) is 8.80. The van der Waals surface area contributed by atoms with Crippen LogP contribution in [0.4, 0.5) is 4.39 Å². The minimum absolute atomic E-state index is 0.0206. The van der Waals surface area contributed by atoms with Crippen molar-refractivity contribution in [2.24, 2.45) is 11.1 Å². The van der Waals surface area contributed by atoms with E-state index in [2.05, 4.69) is 0 Å². The molecule has 14 heavy (non-hydrogen) atoms. The molecule has 2 unspecified atom stereocenters. The minimum atomic E-state index is -1.21. The second-order valence-electron chi connectivity index (χ2n) is 4.78. The maximum atomic E-state index is 14.6. The van der Waals surface area contributed by atoms with Crippen LogP contribution in [0.25, 0.3) is 0 Å². The fourth-order valence-electron chi connectivity index (χ4n) is 2.13. The quantitative estimate of drug-likeness (QED) is 0.762. The topological polar surface area (TPSA) is 26.0 Å². The summed E-state index contributed by atoms with van der Waals surface area (Å²) in [5.41, 5.74) is 5.01. The van der Waals surface area contributed by atoms with Crippen molar-refractivity contribution in [3.05, 3.63) is 21.9 Å². The predicted octanol–water partition coefficient (Wildman–Crippen LogP) is 2.98. The molecule has 78 valence electrons. The number of nitrogens with two attached hydrogens (primary N) is 1. The molecule has 0 aromatic carbocycles. The molecule has 1 saturated carbocycles. The number of hydrogen-bond acceptors (Lipinski definition) is 2. The van der Waals surface area contributed by atoms with E-state index in [1.165, 1.54) is 0 Å². The van der Waals surface area contributed by atoms with Gasteiger partial charge in [-0.05, 0) is 18.4 Å². The van der Waals surface area contributed by atoms with Gasteiger partial charge in [0.2, 0.25) is 0 Å². The lowest BCUT2D eigenvalue weighted by Gasteiger charge is -2.55. The standard InChI is InChI=1S/C11H16FNS/c1-7-4-8(6-14-7)11(12)5-9(13)10(11,2)3/h4,6,9H,5,13H2,1-3H3. The molecule has 1 aromatic heterocycles. The summed E-state index contributed by atoms with van der Waals surface area (Å²) in [6.45, 7) is 5.82. The lowest BCUT2D eigenvalue weighted by molar-refractivity contribution is -0.108. The van der Waals surface area contributed by atoms with E-state index in [1.54, 1.807) is 11.3 Å². The van der Waals surface area contributed by atoms with Crippen LogP contribution >= 0.6 is 11.3 Å². The molecule has 2 N–H and O–H groups in total. The monoisotopic (exact) mass is 213 g/mol. The van der Waals surface area contributed by atoms with Gasteiger partial charge in [0.1, 0.15) is 5.67 Å².